The van der Waals surface area contributed by atoms with Gasteiger partial charge >= 0.3 is 11.9 Å². The van der Waals surface area contributed by atoms with Crippen LogP contribution in [0.2, 0.25) is 0 Å². The van der Waals surface area contributed by atoms with E-state index in [2.05, 4.69) is 15.0 Å². The molecule has 0 saturated heterocycles. The Balaban J connectivity index is 2.47. The minimum absolute atomic E-state index is 0.0137. The van der Waals surface area contributed by atoms with Crippen LogP contribution in [0.25, 0.3) is 11.4 Å². The summed E-state index contributed by atoms with van der Waals surface area (Å²) in [6, 6.07) is 3.26. The second-order valence-electron chi connectivity index (χ2n) is 6.77. The van der Waals surface area contributed by atoms with Crippen molar-refractivity contribution in [1.29, 1.82) is 0 Å². The van der Waals surface area contributed by atoms with Crippen LogP contribution in [0.15, 0.2) is 18.2 Å². The minimum Gasteiger partial charge on any atom is -0.465 e. The van der Waals surface area contributed by atoms with Crippen LogP contribution >= 0.6 is 69.6 Å². The summed E-state index contributed by atoms with van der Waals surface area (Å²) < 4.78 is 20.5. The van der Waals surface area contributed by atoms with Crippen molar-refractivity contribution < 1.29 is 28.2 Å². The fourth-order valence-corrected chi connectivity index (χ4v) is 3.19. The third-order valence-electron chi connectivity index (χ3n) is 4.14. The topological polar surface area (TPSA) is 112 Å². The van der Waals surface area contributed by atoms with Crippen LogP contribution in [-0.4, -0.2) is 64.0 Å². The van der Waals surface area contributed by atoms with Gasteiger partial charge in [0.15, 0.2) is 17.5 Å². The molecule has 0 spiro atoms. The molecule has 16 heteroatoms. The van der Waals surface area contributed by atoms with E-state index in [4.69, 9.17) is 79.1 Å². The zero-order valence-electron chi connectivity index (χ0n) is 18.5. The Hall–Kier alpha value is -1.69. The van der Waals surface area contributed by atoms with E-state index in [0.717, 1.165) is 17.0 Å². The molecule has 196 valence electrons. The van der Waals surface area contributed by atoms with Crippen molar-refractivity contribution in [3.05, 3.63) is 41.2 Å². The number of halogens is 7. The largest absolute Gasteiger partial charge is 0.465 e. The molecule has 0 saturated carbocycles. The van der Waals surface area contributed by atoms with Gasteiger partial charge in [-0.3, -0.25) is 14.4 Å². The summed E-state index contributed by atoms with van der Waals surface area (Å²) in [5.74, 6) is -4.61. The number of aromatic nitrogens is 3. The summed E-state index contributed by atoms with van der Waals surface area (Å²) >= 11 is 35.1. The standard InChI is InChI=1S/C20H17Cl6FN4O5/c1-3-35-13(32)8-31(9-14(33)36-4-2)16(34)11-6-5-10(7-12(11)27)15-28-17(19(21,22)23)30-18(29-15)20(24,25)26/h5-7H,3-4,8-9H2,1-2H3. The smallest absolute Gasteiger partial charge is 0.325 e. The van der Waals surface area contributed by atoms with Crippen LogP contribution in [0.1, 0.15) is 35.9 Å². The summed E-state index contributed by atoms with van der Waals surface area (Å²) in [6.45, 7) is 2.00. The van der Waals surface area contributed by atoms with Crippen molar-refractivity contribution in [1.82, 2.24) is 19.9 Å². The van der Waals surface area contributed by atoms with Crippen LogP contribution in [0.3, 0.4) is 0 Å². The van der Waals surface area contributed by atoms with Gasteiger partial charge in [0.05, 0.1) is 18.8 Å². The van der Waals surface area contributed by atoms with Crippen molar-refractivity contribution in [3.63, 3.8) is 0 Å². The van der Waals surface area contributed by atoms with Crippen molar-refractivity contribution >= 4 is 87.5 Å². The maximum Gasteiger partial charge on any atom is 0.325 e. The number of alkyl halides is 6. The molecule has 0 bridgehead atoms. The highest BCUT2D eigenvalue weighted by atomic mass is 35.6. The first-order chi connectivity index (χ1) is 16.7. The molecule has 1 aromatic carbocycles. The number of hydrogen-bond donors (Lipinski definition) is 0. The highest BCUT2D eigenvalue weighted by Crippen LogP contribution is 2.40. The quantitative estimate of drug-likeness (QED) is 0.301. The Morgan fingerprint density at radius 3 is 1.72 bits per heavy atom. The first-order valence-corrected chi connectivity index (χ1v) is 12.2. The lowest BCUT2D eigenvalue weighted by Gasteiger charge is -2.21. The van der Waals surface area contributed by atoms with E-state index in [1.54, 1.807) is 13.8 Å². The number of ether oxygens (including phenoxy) is 2. The number of rotatable bonds is 8. The summed E-state index contributed by atoms with van der Waals surface area (Å²) in [5.41, 5.74) is -0.454. The summed E-state index contributed by atoms with van der Waals surface area (Å²) in [5, 5.41) is 0. The molecule has 0 atom stereocenters. The fourth-order valence-electron chi connectivity index (χ4n) is 2.68. The van der Waals surface area contributed by atoms with E-state index in [-0.39, 0.29) is 24.6 Å². The van der Waals surface area contributed by atoms with Gasteiger partial charge in [-0.2, -0.15) is 0 Å². The number of amides is 1. The predicted octanol–water partition coefficient (Wildman–Crippen LogP) is 4.90. The molecule has 36 heavy (non-hydrogen) atoms. The zero-order valence-corrected chi connectivity index (χ0v) is 23.1. The Bertz CT molecular complexity index is 1090. The number of carbonyl (C=O) groups excluding carboxylic acids is 3. The first kappa shape index (κ1) is 30.5. The molecule has 9 nitrogen and oxygen atoms in total. The maximum atomic E-state index is 15.1. The lowest BCUT2D eigenvalue weighted by atomic mass is 10.1. The Labute approximate surface area is 235 Å². The molecule has 0 aliphatic heterocycles. The minimum atomic E-state index is -2.13. The van der Waals surface area contributed by atoms with E-state index >= 15 is 4.39 Å². The highest BCUT2D eigenvalue weighted by Gasteiger charge is 2.34. The van der Waals surface area contributed by atoms with E-state index in [0.29, 0.717) is 0 Å². The van der Waals surface area contributed by atoms with Gasteiger partial charge in [-0.25, -0.2) is 19.3 Å². The van der Waals surface area contributed by atoms with Crippen LogP contribution < -0.4 is 0 Å². The van der Waals surface area contributed by atoms with Crippen molar-refractivity contribution in [2.45, 2.75) is 21.4 Å². The number of esters is 2. The second-order valence-corrected chi connectivity index (χ2v) is 11.3. The number of benzene rings is 1. The molecule has 0 aliphatic rings. The van der Waals surface area contributed by atoms with Gasteiger partial charge in [-0.05, 0) is 26.0 Å². The molecule has 0 radical (unpaired) electrons. The average Bonchev–Trinajstić information content (AvgIpc) is 2.77. The predicted molar refractivity (Wildman–Crippen MR) is 133 cm³/mol. The normalized spacial score (nSPS) is 11.7. The number of carbonyl (C=O) groups is 3. The summed E-state index contributed by atoms with van der Waals surface area (Å²) in [7, 11) is 0. The van der Waals surface area contributed by atoms with Gasteiger partial charge in [-0.1, -0.05) is 75.7 Å². The zero-order chi connectivity index (χ0) is 27.3. The lowest BCUT2D eigenvalue weighted by molar-refractivity contribution is -0.147. The third-order valence-corrected chi connectivity index (χ3v) is 5.15. The molecular formula is C20H17Cl6FN4O5. The Morgan fingerprint density at radius 2 is 1.33 bits per heavy atom. The van der Waals surface area contributed by atoms with Crippen LogP contribution in [-0.2, 0) is 26.6 Å². The summed E-state index contributed by atoms with van der Waals surface area (Å²) in [4.78, 5) is 49.4. The maximum absolute atomic E-state index is 15.1. The molecule has 0 N–H and O–H groups in total. The van der Waals surface area contributed by atoms with Crippen LogP contribution in [0, 0.1) is 5.82 Å². The lowest BCUT2D eigenvalue weighted by Crippen LogP contribution is -2.41. The van der Waals surface area contributed by atoms with Gasteiger partial charge in [0.2, 0.25) is 7.59 Å². The van der Waals surface area contributed by atoms with Crippen molar-refractivity contribution in [3.8, 4) is 11.4 Å². The highest BCUT2D eigenvalue weighted by molar-refractivity contribution is 6.67. The van der Waals surface area contributed by atoms with Crippen molar-refractivity contribution in [2.75, 3.05) is 26.3 Å². The van der Waals surface area contributed by atoms with Gasteiger partial charge in [-0.15, -0.1) is 0 Å². The Kier molecular flexibility index (Phi) is 10.8. The molecule has 1 amide bonds. The van der Waals surface area contributed by atoms with Gasteiger partial charge < -0.3 is 14.4 Å². The average molecular weight is 625 g/mol. The summed E-state index contributed by atoms with van der Waals surface area (Å²) in [6.07, 6.45) is 0. The number of hydrogen-bond acceptors (Lipinski definition) is 8. The molecule has 0 unspecified atom stereocenters. The molecule has 1 aromatic heterocycles. The van der Waals surface area contributed by atoms with Gasteiger partial charge in [0.25, 0.3) is 5.91 Å². The van der Waals surface area contributed by atoms with Crippen LogP contribution in [0.4, 0.5) is 4.39 Å². The SMILES string of the molecule is CCOC(=O)CN(CC(=O)OCC)C(=O)c1ccc(-c2nc(C(Cl)(Cl)Cl)nc(C(Cl)(Cl)Cl)n2)cc1F. The number of nitrogens with zero attached hydrogens (tertiary/aromatic N) is 4. The molecular weight excluding hydrogens is 608 g/mol. The monoisotopic (exact) mass is 622 g/mol. The molecule has 2 aromatic rings. The second kappa shape index (κ2) is 12.7. The van der Waals surface area contributed by atoms with E-state index < -0.39 is 61.5 Å². The Morgan fingerprint density at radius 1 is 0.861 bits per heavy atom. The van der Waals surface area contributed by atoms with E-state index in [1.807, 2.05) is 0 Å². The molecule has 1 heterocycles. The van der Waals surface area contributed by atoms with Crippen LogP contribution in [0.5, 0.6) is 0 Å². The third kappa shape index (κ3) is 8.43. The van der Waals surface area contributed by atoms with E-state index in [1.165, 1.54) is 6.07 Å². The van der Waals surface area contributed by atoms with Crippen molar-refractivity contribution in [2.24, 2.45) is 0 Å². The molecule has 0 aliphatic carbocycles. The molecule has 0 fully saturated rings. The van der Waals surface area contributed by atoms with E-state index in [9.17, 15) is 14.4 Å². The van der Waals surface area contributed by atoms with Gasteiger partial charge in [0.1, 0.15) is 18.9 Å². The fraction of sp³-hybridized carbons (Fsp3) is 0.400. The van der Waals surface area contributed by atoms with Gasteiger partial charge in [0, 0.05) is 5.56 Å². The molecule has 2 rings (SSSR count). The first-order valence-electron chi connectivity index (χ1n) is 9.98.